The maximum Gasteiger partial charge on any atom is 0.253 e. The first-order valence-electron chi connectivity index (χ1n) is 12.6. The third kappa shape index (κ3) is 6.45. The number of nitrogens with zero attached hydrogens (tertiary/aromatic N) is 1. The van der Waals surface area contributed by atoms with Crippen LogP contribution in [0.4, 0.5) is 11.4 Å². The molecule has 2 N–H and O–H groups in total. The van der Waals surface area contributed by atoms with Gasteiger partial charge < -0.3 is 20.3 Å². The van der Waals surface area contributed by atoms with Crippen molar-refractivity contribution in [3.05, 3.63) is 89.5 Å². The standard InChI is InChI=1S/C30H35N3O3/c1-21-15-17-33(18-16-21)28-14-11-25(32-29(34)19-23-9-12-26(36-3)13-10-23)20-27(28)30(35)31-22(2)24-7-5-4-6-8-24/h4-14,20-22H,15-19H2,1-3H3,(H,31,35)(H,32,34). The van der Waals surface area contributed by atoms with Crippen molar-refractivity contribution in [1.29, 1.82) is 0 Å². The first-order valence-corrected chi connectivity index (χ1v) is 12.6. The number of methoxy groups -OCH3 is 1. The SMILES string of the molecule is COc1ccc(CC(=O)Nc2ccc(N3CCC(C)CC3)c(C(=O)NC(C)c3ccccc3)c2)cc1. The van der Waals surface area contributed by atoms with Gasteiger partial charge in [-0.25, -0.2) is 0 Å². The largest absolute Gasteiger partial charge is 0.497 e. The van der Waals surface area contributed by atoms with Crippen LogP contribution in [0, 0.1) is 5.92 Å². The van der Waals surface area contributed by atoms with Gasteiger partial charge >= 0.3 is 0 Å². The second-order valence-electron chi connectivity index (χ2n) is 9.58. The van der Waals surface area contributed by atoms with Gasteiger partial charge in [0.05, 0.1) is 25.1 Å². The molecule has 188 valence electrons. The summed E-state index contributed by atoms with van der Waals surface area (Å²) in [5.41, 5.74) is 4.03. The molecule has 1 unspecified atom stereocenters. The fraction of sp³-hybridized carbons (Fsp3) is 0.333. The van der Waals surface area contributed by atoms with Gasteiger partial charge in [0.15, 0.2) is 0 Å². The summed E-state index contributed by atoms with van der Waals surface area (Å²) in [5, 5.41) is 6.11. The van der Waals surface area contributed by atoms with Gasteiger partial charge in [0.25, 0.3) is 5.91 Å². The Bertz CT molecular complexity index is 1170. The van der Waals surface area contributed by atoms with Crippen molar-refractivity contribution >= 4 is 23.2 Å². The van der Waals surface area contributed by atoms with Crippen LogP contribution >= 0.6 is 0 Å². The van der Waals surface area contributed by atoms with E-state index in [2.05, 4.69) is 22.5 Å². The lowest BCUT2D eigenvalue weighted by molar-refractivity contribution is -0.115. The Kier molecular flexibility index (Phi) is 8.26. The van der Waals surface area contributed by atoms with Gasteiger partial charge in [0.2, 0.25) is 5.91 Å². The second-order valence-corrected chi connectivity index (χ2v) is 9.58. The highest BCUT2D eigenvalue weighted by Gasteiger charge is 2.23. The molecule has 6 heteroatoms. The molecule has 1 heterocycles. The molecule has 0 bridgehead atoms. The lowest BCUT2D eigenvalue weighted by atomic mass is 9.97. The lowest BCUT2D eigenvalue weighted by Gasteiger charge is -2.33. The zero-order valence-corrected chi connectivity index (χ0v) is 21.3. The third-order valence-electron chi connectivity index (χ3n) is 6.82. The van der Waals surface area contributed by atoms with Crippen LogP contribution < -0.4 is 20.3 Å². The number of hydrogen-bond acceptors (Lipinski definition) is 4. The van der Waals surface area contributed by atoms with Crippen molar-refractivity contribution < 1.29 is 14.3 Å². The highest BCUT2D eigenvalue weighted by Crippen LogP contribution is 2.29. The number of hydrogen-bond donors (Lipinski definition) is 2. The van der Waals surface area contributed by atoms with Crippen molar-refractivity contribution in [2.45, 2.75) is 39.2 Å². The van der Waals surface area contributed by atoms with Crippen LogP contribution in [0.5, 0.6) is 5.75 Å². The molecule has 0 saturated carbocycles. The molecule has 0 spiro atoms. The summed E-state index contributed by atoms with van der Waals surface area (Å²) in [4.78, 5) is 28.5. The maximum absolute atomic E-state index is 13.5. The number of carbonyl (C=O) groups is 2. The minimum Gasteiger partial charge on any atom is -0.497 e. The molecule has 36 heavy (non-hydrogen) atoms. The van der Waals surface area contributed by atoms with E-state index in [1.807, 2.05) is 73.7 Å². The van der Waals surface area contributed by atoms with E-state index in [9.17, 15) is 9.59 Å². The Morgan fingerprint density at radius 1 is 1.00 bits per heavy atom. The smallest absolute Gasteiger partial charge is 0.253 e. The molecule has 0 aliphatic carbocycles. The molecule has 1 aliphatic rings. The number of piperidine rings is 1. The van der Waals surface area contributed by atoms with Gasteiger partial charge in [0, 0.05) is 24.5 Å². The Morgan fingerprint density at radius 2 is 1.69 bits per heavy atom. The molecule has 3 aromatic carbocycles. The first-order chi connectivity index (χ1) is 17.4. The molecule has 1 aliphatic heterocycles. The molecule has 3 aromatic rings. The predicted molar refractivity (Wildman–Crippen MR) is 145 cm³/mol. The molecule has 0 radical (unpaired) electrons. The zero-order valence-electron chi connectivity index (χ0n) is 21.3. The number of carbonyl (C=O) groups excluding carboxylic acids is 2. The minimum atomic E-state index is -0.147. The van der Waals surface area contributed by atoms with Crippen LogP contribution in [-0.2, 0) is 11.2 Å². The molecule has 1 saturated heterocycles. The van der Waals surface area contributed by atoms with Crippen LogP contribution in [0.1, 0.15) is 54.2 Å². The quantitative estimate of drug-likeness (QED) is 0.436. The average Bonchev–Trinajstić information content (AvgIpc) is 2.90. The van der Waals surface area contributed by atoms with Crippen molar-refractivity contribution in [3.63, 3.8) is 0 Å². The number of amides is 2. The van der Waals surface area contributed by atoms with E-state index in [-0.39, 0.29) is 24.3 Å². The Hall–Kier alpha value is -3.80. The van der Waals surface area contributed by atoms with Crippen molar-refractivity contribution in [3.8, 4) is 5.75 Å². The highest BCUT2D eigenvalue weighted by atomic mass is 16.5. The molecule has 0 aromatic heterocycles. The first kappa shape index (κ1) is 25.3. The fourth-order valence-corrected chi connectivity index (χ4v) is 4.55. The monoisotopic (exact) mass is 485 g/mol. The Labute approximate surface area is 213 Å². The van der Waals surface area contributed by atoms with E-state index in [0.717, 1.165) is 48.5 Å². The maximum atomic E-state index is 13.5. The summed E-state index contributed by atoms with van der Waals surface area (Å²) in [6.07, 6.45) is 2.44. The molecular weight excluding hydrogens is 450 g/mol. The molecule has 1 atom stereocenters. The van der Waals surface area contributed by atoms with E-state index in [4.69, 9.17) is 4.74 Å². The van der Waals surface area contributed by atoms with Crippen molar-refractivity contribution in [2.24, 2.45) is 5.92 Å². The fourth-order valence-electron chi connectivity index (χ4n) is 4.55. The van der Waals surface area contributed by atoms with Gasteiger partial charge in [-0.15, -0.1) is 0 Å². The number of rotatable bonds is 8. The van der Waals surface area contributed by atoms with E-state index in [1.54, 1.807) is 13.2 Å². The van der Waals surface area contributed by atoms with Crippen molar-refractivity contribution in [2.75, 3.05) is 30.4 Å². The van der Waals surface area contributed by atoms with Gasteiger partial charge in [-0.05, 0) is 67.1 Å². The van der Waals surface area contributed by atoms with Gasteiger partial charge in [-0.3, -0.25) is 9.59 Å². The molecule has 1 fully saturated rings. The molecular formula is C30H35N3O3. The van der Waals surface area contributed by atoms with E-state index in [1.165, 1.54) is 0 Å². The Balaban J connectivity index is 1.53. The molecule has 6 nitrogen and oxygen atoms in total. The number of nitrogens with one attached hydrogen (secondary N) is 2. The number of benzene rings is 3. The minimum absolute atomic E-state index is 0.135. The van der Waals surface area contributed by atoms with Crippen molar-refractivity contribution in [1.82, 2.24) is 5.32 Å². The highest BCUT2D eigenvalue weighted by molar-refractivity contribution is 6.02. The summed E-state index contributed by atoms with van der Waals surface area (Å²) < 4.78 is 5.19. The Morgan fingerprint density at radius 3 is 2.36 bits per heavy atom. The predicted octanol–water partition coefficient (Wildman–Crippen LogP) is 5.60. The zero-order chi connectivity index (χ0) is 25.5. The summed E-state index contributed by atoms with van der Waals surface area (Å²) >= 11 is 0. The second kappa shape index (κ2) is 11.8. The number of ether oxygens (including phenoxy) is 1. The molecule has 4 rings (SSSR count). The van der Waals surface area contributed by atoms with E-state index >= 15 is 0 Å². The summed E-state index contributed by atoms with van der Waals surface area (Å²) in [6, 6.07) is 22.9. The van der Waals surface area contributed by atoms with E-state index in [0.29, 0.717) is 17.2 Å². The third-order valence-corrected chi connectivity index (χ3v) is 6.82. The molecule has 2 amide bonds. The van der Waals surface area contributed by atoms with Crippen LogP contribution in [0.3, 0.4) is 0 Å². The normalized spacial score (nSPS) is 14.7. The van der Waals surface area contributed by atoms with E-state index < -0.39 is 0 Å². The van der Waals surface area contributed by atoms with Crippen LogP contribution in [0.25, 0.3) is 0 Å². The van der Waals surface area contributed by atoms with Gasteiger partial charge in [-0.2, -0.15) is 0 Å². The van der Waals surface area contributed by atoms with Crippen LogP contribution in [0.2, 0.25) is 0 Å². The van der Waals surface area contributed by atoms with Crippen LogP contribution in [-0.4, -0.2) is 32.0 Å². The average molecular weight is 486 g/mol. The van der Waals surface area contributed by atoms with Crippen LogP contribution in [0.15, 0.2) is 72.8 Å². The van der Waals surface area contributed by atoms with Gasteiger partial charge in [0.1, 0.15) is 5.75 Å². The summed E-state index contributed by atoms with van der Waals surface area (Å²) in [7, 11) is 1.62. The summed E-state index contributed by atoms with van der Waals surface area (Å²) in [6.45, 7) is 6.08. The topological polar surface area (TPSA) is 70.7 Å². The number of anilines is 2. The summed E-state index contributed by atoms with van der Waals surface area (Å²) in [5.74, 6) is 1.16. The van der Waals surface area contributed by atoms with Gasteiger partial charge in [-0.1, -0.05) is 49.4 Å². The lowest BCUT2D eigenvalue weighted by Crippen LogP contribution is -2.35.